The second kappa shape index (κ2) is 10.9. The number of nitrogens with zero attached hydrogens (tertiary/aromatic N) is 1. The van der Waals surface area contributed by atoms with Crippen LogP contribution in [0.3, 0.4) is 0 Å². The van der Waals surface area contributed by atoms with E-state index in [1.807, 2.05) is 12.1 Å². The van der Waals surface area contributed by atoms with E-state index in [1.165, 1.54) is 0 Å². The number of nitrogens with one attached hydrogen (secondary N) is 1. The average Bonchev–Trinajstić information content (AvgIpc) is 3.28. The zero-order chi connectivity index (χ0) is 23.1. The summed E-state index contributed by atoms with van der Waals surface area (Å²) >= 11 is 0. The van der Waals surface area contributed by atoms with Gasteiger partial charge in [-0.2, -0.15) is 0 Å². The molecule has 2 atom stereocenters. The molecular weight excluding hydrogens is 412 g/mol. The van der Waals surface area contributed by atoms with E-state index in [0.29, 0.717) is 49.1 Å². The highest BCUT2D eigenvalue weighted by Gasteiger charge is 2.41. The number of hydrogen-bond acceptors (Lipinski definition) is 6. The molecule has 0 aromatic heterocycles. The summed E-state index contributed by atoms with van der Waals surface area (Å²) in [6.45, 7) is 1.51. The second-order valence-corrected chi connectivity index (χ2v) is 7.55. The molecule has 1 fully saturated rings. The molecule has 0 aliphatic carbocycles. The molecule has 2 aromatic carbocycles. The lowest BCUT2D eigenvalue weighted by Crippen LogP contribution is -2.37. The molecule has 0 radical (unpaired) electrons. The SMILES string of the molecule is COCCNC(=O)[C@H]1CN(C(=O)c2cccc(OC)c2)C[C@H]1c1ccc(OC)cc1OC. The third-order valence-corrected chi connectivity index (χ3v) is 5.71. The van der Waals surface area contributed by atoms with Crippen LogP contribution in [0.5, 0.6) is 17.2 Å². The van der Waals surface area contributed by atoms with E-state index in [0.717, 1.165) is 5.56 Å². The molecule has 0 spiro atoms. The number of methoxy groups -OCH3 is 4. The molecule has 32 heavy (non-hydrogen) atoms. The van der Waals surface area contributed by atoms with Crippen LogP contribution in [-0.4, -0.2) is 71.4 Å². The van der Waals surface area contributed by atoms with Crippen molar-refractivity contribution in [2.45, 2.75) is 5.92 Å². The van der Waals surface area contributed by atoms with E-state index < -0.39 is 5.92 Å². The van der Waals surface area contributed by atoms with Gasteiger partial charge in [0.2, 0.25) is 5.91 Å². The van der Waals surface area contributed by atoms with Gasteiger partial charge in [0.25, 0.3) is 5.91 Å². The minimum absolute atomic E-state index is 0.120. The topological polar surface area (TPSA) is 86.3 Å². The summed E-state index contributed by atoms with van der Waals surface area (Å²) in [5.41, 5.74) is 1.38. The molecule has 1 saturated heterocycles. The van der Waals surface area contributed by atoms with Crippen molar-refractivity contribution in [3.05, 3.63) is 53.6 Å². The molecule has 1 N–H and O–H groups in total. The Morgan fingerprint density at radius 1 is 0.969 bits per heavy atom. The number of likely N-dealkylation sites (tertiary alicyclic amines) is 1. The maximum Gasteiger partial charge on any atom is 0.254 e. The summed E-state index contributed by atoms with van der Waals surface area (Å²) < 4.78 is 21.2. The Morgan fingerprint density at radius 2 is 1.72 bits per heavy atom. The van der Waals surface area contributed by atoms with Gasteiger partial charge in [-0.25, -0.2) is 0 Å². The molecule has 1 heterocycles. The predicted molar refractivity (Wildman–Crippen MR) is 120 cm³/mol. The first-order valence-corrected chi connectivity index (χ1v) is 10.4. The fourth-order valence-corrected chi connectivity index (χ4v) is 4.02. The van der Waals surface area contributed by atoms with Crippen LogP contribution in [0.4, 0.5) is 0 Å². The van der Waals surface area contributed by atoms with E-state index >= 15 is 0 Å². The van der Waals surface area contributed by atoms with Crippen LogP contribution in [-0.2, 0) is 9.53 Å². The maximum atomic E-state index is 13.2. The molecule has 0 saturated carbocycles. The highest BCUT2D eigenvalue weighted by atomic mass is 16.5. The number of amides is 2. The zero-order valence-corrected chi connectivity index (χ0v) is 18.9. The van der Waals surface area contributed by atoms with Crippen LogP contribution in [0.15, 0.2) is 42.5 Å². The number of rotatable bonds is 9. The zero-order valence-electron chi connectivity index (χ0n) is 18.9. The fraction of sp³-hybridized carbons (Fsp3) is 0.417. The summed E-state index contributed by atoms with van der Waals surface area (Å²) in [6.07, 6.45) is 0. The smallest absolute Gasteiger partial charge is 0.254 e. The van der Waals surface area contributed by atoms with E-state index in [9.17, 15) is 9.59 Å². The van der Waals surface area contributed by atoms with Crippen LogP contribution in [0.2, 0.25) is 0 Å². The van der Waals surface area contributed by atoms with Gasteiger partial charge in [-0.15, -0.1) is 0 Å². The molecule has 172 valence electrons. The first-order valence-electron chi connectivity index (χ1n) is 10.4. The first kappa shape index (κ1) is 23.4. The van der Waals surface area contributed by atoms with Crippen molar-refractivity contribution < 1.29 is 28.5 Å². The molecule has 0 unspecified atom stereocenters. The molecule has 0 bridgehead atoms. The normalized spacial score (nSPS) is 17.7. The van der Waals surface area contributed by atoms with Crippen LogP contribution in [0.1, 0.15) is 21.8 Å². The van der Waals surface area contributed by atoms with Gasteiger partial charge >= 0.3 is 0 Å². The van der Waals surface area contributed by atoms with Crippen molar-refractivity contribution >= 4 is 11.8 Å². The largest absolute Gasteiger partial charge is 0.497 e. The lowest BCUT2D eigenvalue weighted by Gasteiger charge is -2.21. The Morgan fingerprint density at radius 3 is 2.41 bits per heavy atom. The summed E-state index contributed by atoms with van der Waals surface area (Å²) in [5.74, 6) is 0.974. The van der Waals surface area contributed by atoms with Gasteiger partial charge in [-0.3, -0.25) is 9.59 Å². The highest BCUT2D eigenvalue weighted by Crippen LogP contribution is 2.39. The minimum atomic E-state index is -0.427. The van der Waals surface area contributed by atoms with Gasteiger partial charge in [-0.05, 0) is 24.3 Å². The van der Waals surface area contributed by atoms with Crippen molar-refractivity contribution in [3.8, 4) is 17.2 Å². The van der Waals surface area contributed by atoms with Crippen LogP contribution < -0.4 is 19.5 Å². The third kappa shape index (κ3) is 5.13. The molecule has 8 nitrogen and oxygen atoms in total. The Hall–Kier alpha value is -3.26. The van der Waals surface area contributed by atoms with E-state index in [4.69, 9.17) is 18.9 Å². The Bertz CT molecular complexity index is 948. The second-order valence-electron chi connectivity index (χ2n) is 7.55. The molecule has 1 aliphatic rings. The summed E-state index contributed by atoms with van der Waals surface area (Å²) in [6, 6.07) is 12.6. The highest BCUT2D eigenvalue weighted by molar-refractivity contribution is 5.95. The number of carbonyl (C=O) groups excluding carboxylic acids is 2. The number of ether oxygens (including phenoxy) is 4. The van der Waals surface area contributed by atoms with Crippen LogP contribution >= 0.6 is 0 Å². The van der Waals surface area contributed by atoms with Gasteiger partial charge in [-0.1, -0.05) is 12.1 Å². The van der Waals surface area contributed by atoms with Crippen molar-refractivity contribution in [1.29, 1.82) is 0 Å². The van der Waals surface area contributed by atoms with Crippen molar-refractivity contribution in [2.75, 3.05) is 54.7 Å². The Balaban J connectivity index is 1.90. The number of carbonyl (C=O) groups is 2. The lowest BCUT2D eigenvalue weighted by atomic mass is 9.87. The molecule has 8 heteroatoms. The summed E-state index contributed by atoms with van der Waals surface area (Å²) in [7, 11) is 6.32. The Kier molecular flexibility index (Phi) is 7.94. The molecule has 1 aliphatic heterocycles. The van der Waals surface area contributed by atoms with Crippen molar-refractivity contribution in [1.82, 2.24) is 10.2 Å². The molecule has 3 rings (SSSR count). The van der Waals surface area contributed by atoms with Gasteiger partial charge in [0.15, 0.2) is 0 Å². The molecule has 2 aromatic rings. The van der Waals surface area contributed by atoms with E-state index in [1.54, 1.807) is 63.7 Å². The lowest BCUT2D eigenvalue weighted by molar-refractivity contribution is -0.125. The number of benzene rings is 2. The number of hydrogen-bond donors (Lipinski definition) is 1. The van der Waals surface area contributed by atoms with E-state index in [2.05, 4.69) is 5.32 Å². The van der Waals surface area contributed by atoms with Gasteiger partial charge < -0.3 is 29.2 Å². The van der Waals surface area contributed by atoms with Gasteiger partial charge in [0.1, 0.15) is 17.2 Å². The predicted octanol–water partition coefficient (Wildman–Crippen LogP) is 2.33. The monoisotopic (exact) mass is 442 g/mol. The fourth-order valence-electron chi connectivity index (χ4n) is 4.02. The quantitative estimate of drug-likeness (QED) is 0.600. The summed E-state index contributed by atoms with van der Waals surface area (Å²) in [5, 5.41) is 2.92. The van der Waals surface area contributed by atoms with Crippen molar-refractivity contribution in [3.63, 3.8) is 0 Å². The first-order chi connectivity index (χ1) is 15.5. The average molecular weight is 443 g/mol. The minimum Gasteiger partial charge on any atom is -0.497 e. The standard InChI is InChI=1S/C24H30N2O6/c1-29-11-10-25-23(27)21-15-26(24(28)16-6-5-7-17(12-16)30-2)14-20(21)19-9-8-18(31-3)13-22(19)32-4/h5-9,12-13,20-21H,10-11,14-15H2,1-4H3,(H,25,27)/t20-,21-/m0/s1. The molecule has 2 amide bonds. The van der Waals surface area contributed by atoms with Gasteiger partial charge in [0.05, 0.1) is 33.9 Å². The molecular formula is C24H30N2O6. The van der Waals surface area contributed by atoms with Crippen molar-refractivity contribution in [2.24, 2.45) is 5.92 Å². The third-order valence-electron chi connectivity index (χ3n) is 5.71. The van der Waals surface area contributed by atoms with Crippen LogP contribution in [0, 0.1) is 5.92 Å². The van der Waals surface area contributed by atoms with Crippen LogP contribution in [0.25, 0.3) is 0 Å². The Labute approximate surface area is 188 Å². The maximum absolute atomic E-state index is 13.2. The van der Waals surface area contributed by atoms with Gasteiger partial charge in [0, 0.05) is 49.9 Å². The summed E-state index contributed by atoms with van der Waals surface area (Å²) in [4.78, 5) is 28.0. The van der Waals surface area contributed by atoms with E-state index in [-0.39, 0.29) is 17.7 Å².